The largest absolute Gasteiger partial charge is 0.434 e. The zero-order valence-corrected chi connectivity index (χ0v) is 13.3. The number of rotatable bonds is 6. The van der Waals surface area contributed by atoms with E-state index in [9.17, 15) is 8.78 Å². The second kappa shape index (κ2) is 7.00. The molecule has 0 radical (unpaired) electrons. The van der Waals surface area contributed by atoms with Crippen molar-refractivity contribution in [2.45, 2.75) is 26.6 Å². The van der Waals surface area contributed by atoms with Crippen LogP contribution in [0.25, 0.3) is 0 Å². The smallest absolute Gasteiger partial charge is 0.387 e. The minimum Gasteiger partial charge on any atom is -0.434 e. The van der Waals surface area contributed by atoms with Crippen LogP contribution in [0, 0.1) is 6.92 Å². The predicted octanol–water partition coefficient (Wildman–Crippen LogP) is 3.38. The van der Waals surface area contributed by atoms with Crippen LogP contribution in [0.15, 0.2) is 28.9 Å². The van der Waals surface area contributed by atoms with E-state index < -0.39 is 6.61 Å². The quantitative estimate of drug-likeness (QED) is 0.859. The van der Waals surface area contributed by atoms with Crippen molar-refractivity contribution < 1.29 is 13.5 Å². The fourth-order valence-electron chi connectivity index (χ4n) is 1.95. The molecule has 0 aliphatic carbocycles. The Hall–Kier alpha value is -1.47. The highest BCUT2D eigenvalue weighted by Gasteiger charge is 2.10. The van der Waals surface area contributed by atoms with Crippen molar-refractivity contribution in [3.8, 4) is 5.75 Å². The van der Waals surface area contributed by atoms with Crippen molar-refractivity contribution in [1.29, 1.82) is 0 Å². The first-order valence-corrected chi connectivity index (χ1v) is 7.18. The standard InChI is InChI=1S/C14H16BrF2N3O/c1-9-11(8-19-20(9)2)7-18-6-10-5-12(15)3-4-13(10)21-14(16)17/h3-5,8,14,18H,6-7H2,1-2H3. The molecule has 0 spiro atoms. The van der Waals surface area contributed by atoms with Gasteiger partial charge in [-0.1, -0.05) is 15.9 Å². The van der Waals surface area contributed by atoms with Gasteiger partial charge in [0.15, 0.2) is 0 Å². The molecule has 0 bridgehead atoms. The number of hydrogen-bond acceptors (Lipinski definition) is 3. The van der Waals surface area contributed by atoms with Gasteiger partial charge in [0.05, 0.1) is 6.20 Å². The summed E-state index contributed by atoms with van der Waals surface area (Å²) in [6, 6.07) is 4.97. The molecule has 1 aromatic heterocycles. The molecule has 7 heteroatoms. The zero-order chi connectivity index (χ0) is 15.4. The Morgan fingerprint density at radius 2 is 2.05 bits per heavy atom. The van der Waals surface area contributed by atoms with Crippen LogP contribution < -0.4 is 10.1 Å². The highest BCUT2D eigenvalue weighted by atomic mass is 79.9. The van der Waals surface area contributed by atoms with Crippen molar-refractivity contribution in [2.75, 3.05) is 0 Å². The van der Waals surface area contributed by atoms with E-state index >= 15 is 0 Å². The van der Waals surface area contributed by atoms with Crippen LogP contribution in [0.2, 0.25) is 0 Å². The van der Waals surface area contributed by atoms with E-state index in [0.717, 1.165) is 15.7 Å². The van der Waals surface area contributed by atoms with Crippen molar-refractivity contribution in [2.24, 2.45) is 7.05 Å². The molecule has 0 saturated heterocycles. The highest BCUT2D eigenvalue weighted by Crippen LogP contribution is 2.24. The molecule has 21 heavy (non-hydrogen) atoms. The summed E-state index contributed by atoms with van der Waals surface area (Å²) in [4.78, 5) is 0. The van der Waals surface area contributed by atoms with Crippen molar-refractivity contribution >= 4 is 15.9 Å². The molecule has 0 amide bonds. The van der Waals surface area contributed by atoms with Crippen LogP contribution in [0.3, 0.4) is 0 Å². The van der Waals surface area contributed by atoms with Gasteiger partial charge in [-0.2, -0.15) is 13.9 Å². The third-order valence-corrected chi connectivity index (χ3v) is 3.70. The topological polar surface area (TPSA) is 39.1 Å². The van der Waals surface area contributed by atoms with Crippen LogP contribution in [-0.2, 0) is 20.1 Å². The fraction of sp³-hybridized carbons (Fsp3) is 0.357. The van der Waals surface area contributed by atoms with Gasteiger partial charge in [-0.3, -0.25) is 4.68 Å². The molecule has 2 rings (SSSR count). The van der Waals surface area contributed by atoms with Gasteiger partial charge in [0.1, 0.15) is 5.75 Å². The lowest BCUT2D eigenvalue weighted by Crippen LogP contribution is -2.15. The number of nitrogens with zero attached hydrogens (tertiary/aromatic N) is 2. The molecular formula is C14H16BrF2N3O. The Balaban J connectivity index is 2.02. The van der Waals surface area contributed by atoms with Crippen LogP contribution in [-0.4, -0.2) is 16.4 Å². The minimum absolute atomic E-state index is 0.184. The van der Waals surface area contributed by atoms with Crippen LogP contribution >= 0.6 is 15.9 Å². The Morgan fingerprint density at radius 1 is 1.33 bits per heavy atom. The first-order valence-electron chi connectivity index (χ1n) is 6.39. The van der Waals surface area contributed by atoms with Gasteiger partial charge in [0.2, 0.25) is 0 Å². The molecule has 4 nitrogen and oxygen atoms in total. The lowest BCUT2D eigenvalue weighted by Gasteiger charge is -2.12. The predicted molar refractivity (Wildman–Crippen MR) is 79.3 cm³/mol. The summed E-state index contributed by atoms with van der Waals surface area (Å²) in [7, 11) is 1.88. The summed E-state index contributed by atoms with van der Waals surface area (Å²) >= 11 is 3.33. The zero-order valence-electron chi connectivity index (χ0n) is 11.7. The Bertz CT molecular complexity index is 616. The number of benzene rings is 1. The maximum Gasteiger partial charge on any atom is 0.387 e. The van der Waals surface area contributed by atoms with Gasteiger partial charge < -0.3 is 10.1 Å². The lowest BCUT2D eigenvalue weighted by atomic mass is 10.2. The van der Waals surface area contributed by atoms with Gasteiger partial charge in [-0.25, -0.2) is 0 Å². The lowest BCUT2D eigenvalue weighted by molar-refractivity contribution is -0.0505. The van der Waals surface area contributed by atoms with Gasteiger partial charge in [-0.15, -0.1) is 0 Å². The monoisotopic (exact) mass is 359 g/mol. The van der Waals surface area contributed by atoms with E-state index in [1.54, 1.807) is 23.0 Å². The van der Waals surface area contributed by atoms with Crippen LogP contribution in [0.5, 0.6) is 5.75 Å². The van der Waals surface area contributed by atoms with Crippen LogP contribution in [0.1, 0.15) is 16.8 Å². The van der Waals surface area contributed by atoms with E-state index in [0.29, 0.717) is 18.7 Å². The summed E-state index contributed by atoms with van der Waals surface area (Å²) < 4.78 is 31.9. The Kier molecular flexibility index (Phi) is 5.30. The molecule has 1 aromatic carbocycles. The highest BCUT2D eigenvalue weighted by molar-refractivity contribution is 9.10. The summed E-state index contributed by atoms with van der Waals surface area (Å²) in [5.41, 5.74) is 2.82. The maximum absolute atomic E-state index is 12.4. The minimum atomic E-state index is -2.83. The average molecular weight is 360 g/mol. The first kappa shape index (κ1) is 15.9. The summed E-state index contributed by atoms with van der Waals surface area (Å²) in [6.45, 7) is 0.190. The molecule has 0 saturated carbocycles. The second-order valence-corrected chi connectivity index (χ2v) is 5.53. The summed E-state index contributed by atoms with van der Waals surface area (Å²) in [6.07, 6.45) is 1.79. The van der Waals surface area contributed by atoms with E-state index in [1.165, 1.54) is 6.07 Å². The number of halogens is 3. The number of hydrogen-bond donors (Lipinski definition) is 1. The van der Waals surface area contributed by atoms with Crippen molar-refractivity contribution in [3.63, 3.8) is 0 Å². The SMILES string of the molecule is Cc1c(CNCc2cc(Br)ccc2OC(F)F)cnn1C. The summed E-state index contributed by atoms with van der Waals surface area (Å²) in [5, 5.41) is 7.37. The molecule has 2 aromatic rings. The van der Waals surface area contributed by atoms with E-state index in [-0.39, 0.29) is 5.75 Å². The second-order valence-electron chi connectivity index (χ2n) is 4.61. The van der Waals surface area contributed by atoms with Gasteiger partial charge in [0.25, 0.3) is 0 Å². The van der Waals surface area contributed by atoms with E-state index in [4.69, 9.17) is 0 Å². The number of alkyl halides is 2. The molecule has 1 heterocycles. The van der Waals surface area contributed by atoms with Crippen molar-refractivity contribution in [3.05, 3.63) is 45.7 Å². The van der Waals surface area contributed by atoms with Crippen LogP contribution in [0.4, 0.5) is 8.78 Å². The number of aryl methyl sites for hydroxylation is 1. The molecule has 0 aliphatic rings. The third kappa shape index (κ3) is 4.25. The van der Waals surface area contributed by atoms with Crippen molar-refractivity contribution in [1.82, 2.24) is 15.1 Å². The third-order valence-electron chi connectivity index (χ3n) is 3.21. The first-order chi connectivity index (χ1) is 9.97. The molecular weight excluding hydrogens is 344 g/mol. The fourth-order valence-corrected chi connectivity index (χ4v) is 2.36. The van der Waals surface area contributed by atoms with E-state index in [1.807, 2.05) is 14.0 Å². The van der Waals surface area contributed by atoms with E-state index in [2.05, 4.69) is 31.1 Å². The molecule has 1 N–H and O–H groups in total. The summed E-state index contributed by atoms with van der Waals surface area (Å²) in [5.74, 6) is 0.184. The number of nitrogens with one attached hydrogen (secondary N) is 1. The number of aromatic nitrogens is 2. The van der Waals surface area contributed by atoms with Gasteiger partial charge >= 0.3 is 6.61 Å². The molecule has 0 atom stereocenters. The molecule has 0 aliphatic heterocycles. The van der Waals surface area contributed by atoms with Gasteiger partial charge in [-0.05, 0) is 25.1 Å². The number of ether oxygens (including phenoxy) is 1. The molecule has 114 valence electrons. The maximum atomic E-state index is 12.4. The molecule has 0 unspecified atom stereocenters. The normalized spacial score (nSPS) is 11.1. The Labute approximate surface area is 130 Å². The van der Waals surface area contributed by atoms with Gasteiger partial charge in [0, 0.05) is 41.4 Å². The average Bonchev–Trinajstić information content (AvgIpc) is 2.73. The molecule has 0 fully saturated rings. The Morgan fingerprint density at radius 3 is 2.67 bits per heavy atom.